The zero-order valence-electron chi connectivity index (χ0n) is 8.14. The highest BCUT2D eigenvalue weighted by atomic mass is 19.4. The number of carbonyl (C=O) groups excluding carboxylic acids is 1. The zero-order valence-corrected chi connectivity index (χ0v) is 8.14. The molecule has 1 aromatic heterocycles. The second kappa shape index (κ2) is 4.42. The Hall–Kier alpha value is -1.39. The van der Waals surface area contributed by atoms with E-state index < -0.39 is 11.7 Å². The van der Waals surface area contributed by atoms with E-state index in [1.54, 1.807) is 0 Å². The summed E-state index contributed by atoms with van der Waals surface area (Å²) in [6.45, 7) is 1.40. The van der Waals surface area contributed by atoms with Gasteiger partial charge in [-0.2, -0.15) is 13.2 Å². The predicted molar refractivity (Wildman–Crippen MR) is 48.2 cm³/mol. The van der Waals surface area contributed by atoms with Crippen molar-refractivity contribution in [3.8, 4) is 0 Å². The van der Waals surface area contributed by atoms with E-state index in [-0.39, 0.29) is 12.2 Å². The summed E-state index contributed by atoms with van der Waals surface area (Å²) in [7, 11) is 0. The average molecular weight is 217 g/mol. The van der Waals surface area contributed by atoms with Crippen molar-refractivity contribution in [3.05, 3.63) is 29.6 Å². The van der Waals surface area contributed by atoms with Crippen LogP contribution in [-0.4, -0.2) is 10.8 Å². The van der Waals surface area contributed by atoms with Crippen molar-refractivity contribution in [2.24, 2.45) is 0 Å². The summed E-state index contributed by atoms with van der Waals surface area (Å²) in [5.41, 5.74) is -0.344. The average Bonchev–Trinajstić information content (AvgIpc) is 2.14. The van der Waals surface area contributed by atoms with Crippen molar-refractivity contribution >= 4 is 5.78 Å². The van der Waals surface area contributed by atoms with E-state index >= 15 is 0 Å². The number of aryl methyl sites for hydroxylation is 1. The first-order valence-electron chi connectivity index (χ1n) is 4.40. The first kappa shape index (κ1) is 11.7. The van der Waals surface area contributed by atoms with Crippen molar-refractivity contribution in [2.45, 2.75) is 25.9 Å². The number of halogens is 3. The molecular formula is C10H10F3NO. The SMILES string of the molecule is CC(=O)CCc1cncc(C(F)(F)F)c1. The number of rotatable bonds is 3. The van der Waals surface area contributed by atoms with Gasteiger partial charge in [0.15, 0.2) is 0 Å². The molecule has 0 radical (unpaired) electrons. The maximum atomic E-state index is 12.3. The van der Waals surface area contributed by atoms with Crippen LogP contribution in [-0.2, 0) is 17.4 Å². The predicted octanol–water partition coefficient (Wildman–Crippen LogP) is 2.62. The van der Waals surface area contributed by atoms with Crippen LogP contribution in [0.5, 0.6) is 0 Å². The van der Waals surface area contributed by atoms with Gasteiger partial charge in [0, 0.05) is 18.8 Å². The van der Waals surface area contributed by atoms with E-state index in [0.29, 0.717) is 12.0 Å². The van der Waals surface area contributed by atoms with Crippen LogP contribution in [0.3, 0.4) is 0 Å². The largest absolute Gasteiger partial charge is 0.417 e. The lowest BCUT2D eigenvalue weighted by molar-refractivity contribution is -0.137. The highest BCUT2D eigenvalue weighted by Gasteiger charge is 2.30. The van der Waals surface area contributed by atoms with E-state index in [1.807, 2.05) is 0 Å². The van der Waals surface area contributed by atoms with Crippen LogP contribution >= 0.6 is 0 Å². The molecule has 0 fully saturated rings. The summed E-state index contributed by atoms with van der Waals surface area (Å²) in [6, 6.07) is 1.02. The second-order valence-electron chi connectivity index (χ2n) is 3.28. The van der Waals surface area contributed by atoms with Crippen LogP contribution < -0.4 is 0 Å². The molecule has 0 aliphatic rings. The van der Waals surface area contributed by atoms with Gasteiger partial charge in [-0.05, 0) is 25.0 Å². The fourth-order valence-corrected chi connectivity index (χ4v) is 1.10. The molecule has 1 rings (SSSR count). The van der Waals surface area contributed by atoms with Crippen LogP contribution in [0.4, 0.5) is 13.2 Å². The molecule has 15 heavy (non-hydrogen) atoms. The minimum absolute atomic E-state index is 0.0487. The minimum atomic E-state index is -4.38. The number of ketones is 1. The van der Waals surface area contributed by atoms with Gasteiger partial charge in [-0.25, -0.2) is 0 Å². The van der Waals surface area contributed by atoms with Gasteiger partial charge < -0.3 is 4.79 Å². The molecular weight excluding hydrogens is 207 g/mol. The lowest BCUT2D eigenvalue weighted by atomic mass is 10.1. The lowest BCUT2D eigenvalue weighted by Crippen LogP contribution is -2.06. The van der Waals surface area contributed by atoms with Crippen LogP contribution in [0.1, 0.15) is 24.5 Å². The smallest absolute Gasteiger partial charge is 0.300 e. The molecule has 1 aromatic rings. The molecule has 0 aromatic carbocycles. The van der Waals surface area contributed by atoms with Crippen LogP contribution in [0.2, 0.25) is 0 Å². The molecule has 0 aliphatic heterocycles. The van der Waals surface area contributed by atoms with E-state index in [4.69, 9.17) is 0 Å². The molecule has 0 atom stereocenters. The summed E-state index contributed by atoms with van der Waals surface area (Å²) < 4.78 is 36.8. The van der Waals surface area contributed by atoms with Crippen LogP contribution in [0.25, 0.3) is 0 Å². The molecule has 0 N–H and O–H groups in total. The quantitative estimate of drug-likeness (QED) is 0.778. The number of nitrogens with zero attached hydrogens (tertiary/aromatic N) is 1. The molecule has 5 heteroatoms. The summed E-state index contributed by atoms with van der Waals surface area (Å²) in [6.07, 6.45) is -1.72. The maximum Gasteiger partial charge on any atom is 0.417 e. The van der Waals surface area contributed by atoms with Gasteiger partial charge in [-0.15, -0.1) is 0 Å². The minimum Gasteiger partial charge on any atom is -0.300 e. The molecule has 2 nitrogen and oxygen atoms in total. The van der Waals surface area contributed by atoms with E-state index in [2.05, 4.69) is 4.98 Å². The van der Waals surface area contributed by atoms with Crippen molar-refractivity contribution in [2.75, 3.05) is 0 Å². The Balaban J connectivity index is 2.79. The van der Waals surface area contributed by atoms with Gasteiger partial charge in [0.2, 0.25) is 0 Å². The monoisotopic (exact) mass is 217 g/mol. The fraction of sp³-hybridized carbons (Fsp3) is 0.400. The van der Waals surface area contributed by atoms with Crippen molar-refractivity contribution in [3.63, 3.8) is 0 Å². The van der Waals surface area contributed by atoms with Gasteiger partial charge in [-0.3, -0.25) is 4.98 Å². The summed E-state index contributed by atoms with van der Waals surface area (Å²) in [5, 5.41) is 0. The number of hydrogen-bond donors (Lipinski definition) is 0. The summed E-state index contributed by atoms with van der Waals surface area (Å²) in [5.74, 6) is -0.0487. The van der Waals surface area contributed by atoms with Crippen molar-refractivity contribution in [1.29, 1.82) is 0 Å². The van der Waals surface area contributed by atoms with E-state index in [1.165, 1.54) is 13.1 Å². The highest BCUT2D eigenvalue weighted by Crippen LogP contribution is 2.29. The Kier molecular flexibility index (Phi) is 3.44. The van der Waals surface area contributed by atoms with Crippen LogP contribution in [0.15, 0.2) is 18.5 Å². The third kappa shape index (κ3) is 3.69. The van der Waals surface area contributed by atoms with Gasteiger partial charge in [-0.1, -0.05) is 0 Å². The Morgan fingerprint density at radius 1 is 1.40 bits per heavy atom. The first-order chi connectivity index (χ1) is 6.89. The molecule has 0 spiro atoms. The third-order valence-corrected chi connectivity index (χ3v) is 1.89. The van der Waals surface area contributed by atoms with E-state index in [9.17, 15) is 18.0 Å². The molecule has 82 valence electrons. The fourth-order valence-electron chi connectivity index (χ4n) is 1.10. The van der Waals surface area contributed by atoms with Crippen molar-refractivity contribution < 1.29 is 18.0 Å². The third-order valence-electron chi connectivity index (χ3n) is 1.89. The number of pyridine rings is 1. The Bertz CT molecular complexity index is 360. The summed E-state index contributed by atoms with van der Waals surface area (Å²) >= 11 is 0. The van der Waals surface area contributed by atoms with Crippen molar-refractivity contribution in [1.82, 2.24) is 4.98 Å². The molecule has 0 saturated heterocycles. The molecule has 0 aliphatic carbocycles. The number of Topliss-reactive ketones (excluding diaryl/α,β-unsaturated/α-hetero) is 1. The topological polar surface area (TPSA) is 30.0 Å². The Morgan fingerprint density at radius 3 is 2.60 bits per heavy atom. The molecule has 1 heterocycles. The second-order valence-corrected chi connectivity index (χ2v) is 3.28. The number of hydrogen-bond acceptors (Lipinski definition) is 2. The Labute approximate surface area is 85.1 Å². The maximum absolute atomic E-state index is 12.3. The number of alkyl halides is 3. The van der Waals surface area contributed by atoms with Crippen LogP contribution in [0, 0.1) is 0 Å². The van der Waals surface area contributed by atoms with Gasteiger partial charge in [0.05, 0.1) is 5.56 Å². The number of carbonyl (C=O) groups is 1. The van der Waals surface area contributed by atoms with Gasteiger partial charge >= 0.3 is 6.18 Å². The first-order valence-corrected chi connectivity index (χ1v) is 4.40. The number of aromatic nitrogens is 1. The van der Waals surface area contributed by atoms with E-state index in [0.717, 1.165) is 12.3 Å². The molecule has 0 bridgehead atoms. The summed E-state index contributed by atoms with van der Waals surface area (Å²) in [4.78, 5) is 14.2. The Morgan fingerprint density at radius 2 is 2.07 bits per heavy atom. The zero-order chi connectivity index (χ0) is 11.5. The standard InChI is InChI=1S/C10H10F3NO/c1-7(15)2-3-8-4-9(6-14-5-8)10(11,12)13/h4-6H,2-3H2,1H3. The lowest BCUT2D eigenvalue weighted by Gasteiger charge is -2.07. The highest BCUT2D eigenvalue weighted by molar-refractivity contribution is 5.75. The molecule has 0 saturated carbocycles. The molecule has 0 unspecified atom stereocenters. The normalized spacial score (nSPS) is 11.5. The molecule has 0 amide bonds. The van der Waals surface area contributed by atoms with Gasteiger partial charge in [0.25, 0.3) is 0 Å². The van der Waals surface area contributed by atoms with Gasteiger partial charge in [0.1, 0.15) is 5.78 Å².